The maximum absolute atomic E-state index is 6.16. The molecule has 5 nitrogen and oxygen atoms in total. The van der Waals surface area contributed by atoms with Crippen molar-refractivity contribution in [2.45, 2.75) is 13.2 Å². The van der Waals surface area contributed by atoms with Crippen LogP contribution < -0.4 is 19.9 Å². The summed E-state index contributed by atoms with van der Waals surface area (Å²) in [4.78, 5) is 4.11. The van der Waals surface area contributed by atoms with Crippen molar-refractivity contribution in [1.82, 2.24) is 4.98 Å². The topological polar surface area (TPSA) is 66.6 Å². The molecule has 3 rings (SSSR count). The number of aromatic nitrogens is 1. The molecule has 104 valence electrons. The lowest BCUT2D eigenvalue weighted by atomic mass is 10.2. The van der Waals surface area contributed by atoms with Gasteiger partial charge in [0.1, 0.15) is 11.6 Å². The van der Waals surface area contributed by atoms with Gasteiger partial charge in [0.05, 0.1) is 0 Å². The number of rotatable bonds is 4. The normalized spacial score (nSPS) is 12.5. The van der Waals surface area contributed by atoms with Crippen LogP contribution in [0.4, 0.5) is 0 Å². The van der Waals surface area contributed by atoms with Crippen molar-refractivity contribution in [3.8, 4) is 17.4 Å². The summed E-state index contributed by atoms with van der Waals surface area (Å²) in [5, 5.41) is 0.454. The standard InChI is InChI=1S/C14H13ClN2O3/c15-13-10(6-16)3-4-17-14(13)18-7-9-1-2-11-12(5-9)20-8-19-11/h1-5H,6-8,16H2. The van der Waals surface area contributed by atoms with E-state index in [1.807, 2.05) is 18.2 Å². The van der Waals surface area contributed by atoms with E-state index >= 15 is 0 Å². The van der Waals surface area contributed by atoms with Gasteiger partial charge in [0.2, 0.25) is 12.7 Å². The van der Waals surface area contributed by atoms with Gasteiger partial charge >= 0.3 is 0 Å². The van der Waals surface area contributed by atoms with Crippen LogP contribution in [0.15, 0.2) is 30.5 Å². The summed E-state index contributed by atoms with van der Waals surface area (Å²) in [6.45, 7) is 0.949. The molecule has 0 fully saturated rings. The highest BCUT2D eigenvalue weighted by Crippen LogP contribution is 2.33. The van der Waals surface area contributed by atoms with E-state index in [4.69, 9.17) is 31.5 Å². The van der Waals surface area contributed by atoms with Crippen molar-refractivity contribution in [1.29, 1.82) is 0 Å². The molecule has 0 spiro atoms. The van der Waals surface area contributed by atoms with Crippen molar-refractivity contribution in [2.75, 3.05) is 6.79 Å². The molecule has 0 bridgehead atoms. The number of hydrogen-bond acceptors (Lipinski definition) is 5. The minimum atomic E-state index is 0.256. The minimum absolute atomic E-state index is 0.256. The Morgan fingerprint density at radius 3 is 2.95 bits per heavy atom. The molecule has 1 aromatic heterocycles. The molecule has 2 N–H and O–H groups in total. The highest BCUT2D eigenvalue weighted by molar-refractivity contribution is 6.32. The van der Waals surface area contributed by atoms with E-state index in [2.05, 4.69) is 4.98 Å². The van der Waals surface area contributed by atoms with Crippen molar-refractivity contribution >= 4 is 11.6 Å². The van der Waals surface area contributed by atoms with Gasteiger partial charge in [-0.1, -0.05) is 17.7 Å². The summed E-state index contributed by atoms with van der Waals surface area (Å²) in [7, 11) is 0. The number of pyridine rings is 1. The fraction of sp³-hybridized carbons (Fsp3) is 0.214. The lowest BCUT2D eigenvalue weighted by Gasteiger charge is -2.09. The first-order chi connectivity index (χ1) is 9.78. The van der Waals surface area contributed by atoms with Gasteiger partial charge in [0.25, 0.3) is 0 Å². The highest BCUT2D eigenvalue weighted by atomic mass is 35.5. The van der Waals surface area contributed by atoms with Gasteiger partial charge in [0.15, 0.2) is 11.5 Å². The van der Waals surface area contributed by atoms with E-state index in [1.165, 1.54) is 0 Å². The first-order valence-electron chi connectivity index (χ1n) is 6.12. The molecule has 1 aromatic carbocycles. The van der Waals surface area contributed by atoms with E-state index in [-0.39, 0.29) is 6.79 Å². The Kier molecular flexibility index (Phi) is 3.62. The Bertz CT molecular complexity index is 634. The van der Waals surface area contributed by atoms with Crippen LogP contribution in [0, 0.1) is 0 Å². The second-order valence-electron chi connectivity index (χ2n) is 4.27. The first kappa shape index (κ1) is 13.0. The molecule has 0 amide bonds. The van der Waals surface area contributed by atoms with Gasteiger partial charge in [-0.3, -0.25) is 0 Å². The molecule has 0 radical (unpaired) electrons. The van der Waals surface area contributed by atoms with Crippen LogP contribution in [0.25, 0.3) is 0 Å². The van der Waals surface area contributed by atoms with Gasteiger partial charge in [-0.2, -0.15) is 0 Å². The number of ether oxygens (including phenoxy) is 3. The first-order valence-corrected chi connectivity index (χ1v) is 6.50. The number of halogens is 1. The Morgan fingerprint density at radius 1 is 1.25 bits per heavy atom. The fourth-order valence-corrected chi connectivity index (χ4v) is 2.15. The summed E-state index contributed by atoms with van der Waals surface area (Å²) in [5.41, 5.74) is 7.35. The molecule has 0 saturated heterocycles. The molecule has 2 heterocycles. The number of benzene rings is 1. The molecular formula is C14H13ClN2O3. The van der Waals surface area contributed by atoms with E-state index < -0.39 is 0 Å². The van der Waals surface area contributed by atoms with E-state index in [9.17, 15) is 0 Å². The molecule has 0 saturated carbocycles. The molecule has 0 unspecified atom stereocenters. The maximum Gasteiger partial charge on any atom is 0.233 e. The summed E-state index contributed by atoms with van der Waals surface area (Å²) in [5.74, 6) is 1.85. The molecule has 0 aliphatic carbocycles. The lowest BCUT2D eigenvalue weighted by Crippen LogP contribution is -2.02. The Morgan fingerprint density at radius 2 is 2.10 bits per heavy atom. The van der Waals surface area contributed by atoms with Crippen molar-refractivity contribution in [3.63, 3.8) is 0 Å². The second-order valence-corrected chi connectivity index (χ2v) is 4.65. The summed E-state index contributed by atoms with van der Waals surface area (Å²) >= 11 is 6.16. The van der Waals surface area contributed by atoms with Crippen molar-refractivity contribution < 1.29 is 14.2 Å². The quantitative estimate of drug-likeness (QED) is 0.938. The predicted molar refractivity (Wildman–Crippen MR) is 74.0 cm³/mol. The SMILES string of the molecule is NCc1ccnc(OCc2ccc3c(c2)OCO3)c1Cl. The highest BCUT2D eigenvalue weighted by Gasteiger charge is 2.14. The average molecular weight is 293 g/mol. The van der Waals surface area contributed by atoms with Crippen LogP contribution in [-0.2, 0) is 13.2 Å². The van der Waals surface area contributed by atoms with Crippen molar-refractivity contribution in [3.05, 3.63) is 46.6 Å². The van der Waals surface area contributed by atoms with Gasteiger partial charge < -0.3 is 19.9 Å². The van der Waals surface area contributed by atoms with Gasteiger partial charge in [-0.15, -0.1) is 0 Å². The van der Waals surface area contributed by atoms with Crippen LogP contribution in [-0.4, -0.2) is 11.8 Å². The van der Waals surface area contributed by atoms with E-state index in [1.54, 1.807) is 12.3 Å². The van der Waals surface area contributed by atoms with Crippen LogP contribution in [0.1, 0.15) is 11.1 Å². The zero-order valence-corrected chi connectivity index (χ0v) is 11.4. The fourth-order valence-electron chi connectivity index (χ4n) is 1.90. The molecule has 20 heavy (non-hydrogen) atoms. The van der Waals surface area contributed by atoms with Crippen LogP contribution >= 0.6 is 11.6 Å². The Balaban J connectivity index is 1.73. The molecule has 6 heteroatoms. The summed E-state index contributed by atoms with van der Waals surface area (Å²) in [6.07, 6.45) is 1.63. The number of fused-ring (bicyclic) bond motifs is 1. The van der Waals surface area contributed by atoms with Gasteiger partial charge in [-0.05, 0) is 29.3 Å². The summed E-state index contributed by atoms with van der Waals surface area (Å²) < 4.78 is 16.2. The third-order valence-electron chi connectivity index (χ3n) is 2.97. The number of nitrogens with two attached hydrogens (primary N) is 1. The maximum atomic E-state index is 6.16. The van der Waals surface area contributed by atoms with E-state index in [0.717, 1.165) is 22.6 Å². The van der Waals surface area contributed by atoms with Gasteiger partial charge in [-0.25, -0.2) is 4.98 Å². The monoisotopic (exact) mass is 292 g/mol. The third kappa shape index (κ3) is 2.50. The molecule has 2 aromatic rings. The average Bonchev–Trinajstić information content (AvgIpc) is 2.93. The molecular weight excluding hydrogens is 280 g/mol. The largest absolute Gasteiger partial charge is 0.472 e. The zero-order valence-electron chi connectivity index (χ0n) is 10.6. The number of hydrogen-bond donors (Lipinski definition) is 1. The smallest absolute Gasteiger partial charge is 0.233 e. The van der Waals surface area contributed by atoms with Gasteiger partial charge in [0, 0.05) is 12.7 Å². The third-order valence-corrected chi connectivity index (χ3v) is 3.37. The molecule has 0 atom stereocenters. The van der Waals surface area contributed by atoms with Crippen LogP contribution in [0.3, 0.4) is 0 Å². The predicted octanol–water partition coefficient (Wildman–Crippen LogP) is 2.50. The number of nitrogens with zero attached hydrogens (tertiary/aromatic N) is 1. The van der Waals surface area contributed by atoms with Crippen molar-refractivity contribution in [2.24, 2.45) is 5.73 Å². The lowest BCUT2D eigenvalue weighted by molar-refractivity contribution is 0.174. The second kappa shape index (κ2) is 5.56. The minimum Gasteiger partial charge on any atom is -0.472 e. The Labute approximate surface area is 121 Å². The van der Waals surface area contributed by atoms with E-state index in [0.29, 0.717) is 24.1 Å². The zero-order chi connectivity index (χ0) is 13.9. The molecule has 1 aliphatic rings. The Hall–Kier alpha value is -1.98. The van der Waals surface area contributed by atoms with Crippen LogP contribution in [0.5, 0.6) is 17.4 Å². The molecule has 1 aliphatic heterocycles. The van der Waals surface area contributed by atoms with Crippen LogP contribution in [0.2, 0.25) is 5.02 Å². The summed E-state index contributed by atoms with van der Waals surface area (Å²) in [6, 6.07) is 7.42.